The van der Waals surface area contributed by atoms with Gasteiger partial charge in [-0.3, -0.25) is 4.98 Å². The molecule has 1 aliphatic rings. The topological polar surface area (TPSA) is 34.1 Å². The summed E-state index contributed by atoms with van der Waals surface area (Å²) in [4.78, 5) is 4.24. The fraction of sp³-hybridized carbons (Fsp3) is 0.545. The third kappa shape index (κ3) is 3.09. The lowest BCUT2D eigenvalue weighted by Crippen LogP contribution is -2.33. The lowest BCUT2D eigenvalue weighted by molar-refractivity contribution is 0.0250. The van der Waals surface area contributed by atoms with Crippen molar-refractivity contribution in [1.29, 1.82) is 0 Å². The zero-order chi connectivity index (χ0) is 10.2. The average Bonchev–Trinajstić information content (AvgIpc) is 2.34. The van der Waals surface area contributed by atoms with E-state index in [1.165, 1.54) is 0 Å². The number of hydrogen-bond donors (Lipinski definition) is 1. The van der Waals surface area contributed by atoms with Gasteiger partial charge < -0.3 is 10.1 Å². The van der Waals surface area contributed by atoms with E-state index in [0.717, 1.165) is 25.4 Å². The van der Waals surface area contributed by atoms with Crippen molar-refractivity contribution in [3.05, 3.63) is 30.1 Å². The molecule has 78 valence electrons. The minimum atomic E-state index is 0.139. The SMILES string of the molecule is CC.c1ccc(C2CNCCO2)nc1. The van der Waals surface area contributed by atoms with E-state index >= 15 is 0 Å². The molecule has 1 aromatic heterocycles. The lowest BCUT2D eigenvalue weighted by atomic mass is 10.2. The molecule has 3 heteroatoms. The Morgan fingerprint density at radius 3 is 2.86 bits per heavy atom. The van der Waals surface area contributed by atoms with Crippen LogP contribution in [-0.4, -0.2) is 24.7 Å². The summed E-state index contributed by atoms with van der Waals surface area (Å²) in [5, 5.41) is 3.27. The molecule has 0 aliphatic carbocycles. The van der Waals surface area contributed by atoms with E-state index in [-0.39, 0.29) is 6.10 Å². The van der Waals surface area contributed by atoms with Crippen LogP contribution in [0.1, 0.15) is 25.6 Å². The Morgan fingerprint density at radius 1 is 1.43 bits per heavy atom. The van der Waals surface area contributed by atoms with Crippen molar-refractivity contribution >= 4 is 0 Å². The maximum Gasteiger partial charge on any atom is 0.112 e. The highest BCUT2D eigenvalue weighted by molar-refractivity contribution is 5.07. The van der Waals surface area contributed by atoms with Gasteiger partial charge >= 0.3 is 0 Å². The van der Waals surface area contributed by atoms with Crippen LogP contribution >= 0.6 is 0 Å². The van der Waals surface area contributed by atoms with E-state index in [2.05, 4.69) is 10.3 Å². The highest BCUT2D eigenvalue weighted by Crippen LogP contribution is 2.14. The number of hydrogen-bond acceptors (Lipinski definition) is 3. The second-order valence-electron chi connectivity index (χ2n) is 2.82. The summed E-state index contributed by atoms with van der Waals surface area (Å²) < 4.78 is 5.54. The number of ether oxygens (including phenoxy) is 1. The minimum Gasteiger partial charge on any atom is -0.369 e. The largest absolute Gasteiger partial charge is 0.369 e. The maximum absolute atomic E-state index is 5.54. The Bertz CT molecular complexity index is 232. The van der Waals surface area contributed by atoms with Gasteiger partial charge in [0.1, 0.15) is 6.10 Å². The second kappa shape index (κ2) is 6.51. The fourth-order valence-corrected chi connectivity index (χ4v) is 1.32. The molecule has 2 rings (SSSR count). The Kier molecular flexibility index (Phi) is 5.19. The van der Waals surface area contributed by atoms with Gasteiger partial charge in [-0.2, -0.15) is 0 Å². The summed E-state index contributed by atoms with van der Waals surface area (Å²) in [6, 6.07) is 5.90. The number of aromatic nitrogens is 1. The quantitative estimate of drug-likeness (QED) is 0.739. The van der Waals surface area contributed by atoms with Gasteiger partial charge in [-0.1, -0.05) is 19.9 Å². The van der Waals surface area contributed by atoms with E-state index < -0.39 is 0 Å². The van der Waals surface area contributed by atoms with Gasteiger partial charge in [0.05, 0.1) is 12.3 Å². The summed E-state index contributed by atoms with van der Waals surface area (Å²) in [5.41, 5.74) is 1.02. The highest BCUT2D eigenvalue weighted by atomic mass is 16.5. The van der Waals surface area contributed by atoms with Crippen molar-refractivity contribution in [3.63, 3.8) is 0 Å². The summed E-state index contributed by atoms with van der Waals surface area (Å²) in [5.74, 6) is 0. The van der Waals surface area contributed by atoms with Crippen LogP contribution < -0.4 is 5.32 Å². The van der Waals surface area contributed by atoms with E-state index in [1.54, 1.807) is 6.20 Å². The molecule has 2 heterocycles. The van der Waals surface area contributed by atoms with Crippen molar-refractivity contribution in [3.8, 4) is 0 Å². The summed E-state index contributed by atoms with van der Waals surface area (Å²) in [7, 11) is 0. The number of morpholine rings is 1. The van der Waals surface area contributed by atoms with Crippen LogP contribution in [0, 0.1) is 0 Å². The van der Waals surface area contributed by atoms with Crippen LogP contribution in [-0.2, 0) is 4.74 Å². The molecule has 1 N–H and O–H groups in total. The first kappa shape index (κ1) is 11.1. The van der Waals surface area contributed by atoms with E-state index in [0.29, 0.717) is 0 Å². The van der Waals surface area contributed by atoms with Crippen molar-refractivity contribution in [2.24, 2.45) is 0 Å². The molecule has 0 radical (unpaired) electrons. The van der Waals surface area contributed by atoms with Gasteiger partial charge in [-0.25, -0.2) is 0 Å². The van der Waals surface area contributed by atoms with Crippen molar-refractivity contribution in [2.45, 2.75) is 20.0 Å². The van der Waals surface area contributed by atoms with Gasteiger partial charge in [0.25, 0.3) is 0 Å². The van der Waals surface area contributed by atoms with Crippen LogP contribution in [0.15, 0.2) is 24.4 Å². The molecule has 1 fully saturated rings. The van der Waals surface area contributed by atoms with Crippen molar-refractivity contribution in [1.82, 2.24) is 10.3 Å². The maximum atomic E-state index is 5.54. The monoisotopic (exact) mass is 194 g/mol. The Morgan fingerprint density at radius 2 is 2.29 bits per heavy atom. The van der Waals surface area contributed by atoms with Gasteiger partial charge in [-0.15, -0.1) is 0 Å². The summed E-state index contributed by atoms with van der Waals surface area (Å²) in [6.45, 7) is 6.60. The fourth-order valence-electron chi connectivity index (χ4n) is 1.32. The normalized spacial score (nSPS) is 20.9. The Balaban J connectivity index is 0.000000461. The molecular formula is C11H18N2O. The van der Waals surface area contributed by atoms with Crippen LogP contribution in [0.5, 0.6) is 0 Å². The van der Waals surface area contributed by atoms with E-state index in [9.17, 15) is 0 Å². The Labute approximate surface area is 85.5 Å². The Hall–Kier alpha value is -0.930. The highest BCUT2D eigenvalue weighted by Gasteiger charge is 2.15. The zero-order valence-electron chi connectivity index (χ0n) is 8.86. The molecule has 1 unspecified atom stereocenters. The van der Waals surface area contributed by atoms with Gasteiger partial charge in [-0.05, 0) is 12.1 Å². The van der Waals surface area contributed by atoms with Crippen LogP contribution in [0.3, 0.4) is 0 Å². The molecule has 0 saturated carbocycles. The predicted molar refractivity (Wildman–Crippen MR) is 57.1 cm³/mol. The van der Waals surface area contributed by atoms with E-state index in [1.807, 2.05) is 32.0 Å². The zero-order valence-corrected chi connectivity index (χ0v) is 8.86. The molecular weight excluding hydrogens is 176 g/mol. The van der Waals surface area contributed by atoms with Crippen molar-refractivity contribution in [2.75, 3.05) is 19.7 Å². The summed E-state index contributed by atoms with van der Waals surface area (Å²) >= 11 is 0. The van der Waals surface area contributed by atoms with Crippen LogP contribution in [0.25, 0.3) is 0 Å². The van der Waals surface area contributed by atoms with Crippen LogP contribution in [0.4, 0.5) is 0 Å². The number of nitrogens with one attached hydrogen (secondary N) is 1. The summed E-state index contributed by atoms with van der Waals surface area (Å²) in [6.07, 6.45) is 1.94. The van der Waals surface area contributed by atoms with Gasteiger partial charge in [0.2, 0.25) is 0 Å². The molecule has 1 aromatic rings. The first-order valence-corrected chi connectivity index (χ1v) is 5.20. The molecule has 1 aliphatic heterocycles. The molecule has 0 bridgehead atoms. The molecule has 14 heavy (non-hydrogen) atoms. The molecule has 1 atom stereocenters. The second-order valence-corrected chi connectivity index (χ2v) is 2.82. The van der Waals surface area contributed by atoms with Crippen LogP contribution in [0.2, 0.25) is 0 Å². The number of rotatable bonds is 1. The number of nitrogens with zero attached hydrogens (tertiary/aromatic N) is 1. The lowest BCUT2D eigenvalue weighted by Gasteiger charge is -2.22. The third-order valence-electron chi connectivity index (χ3n) is 1.95. The predicted octanol–water partition coefficient (Wildman–Crippen LogP) is 1.77. The number of pyridine rings is 1. The smallest absolute Gasteiger partial charge is 0.112 e. The minimum absolute atomic E-state index is 0.139. The standard InChI is InChI=1S/C9H12N2O.C2H6/c1-2-4-11-8(3-1)9-7-10-5-6-12-9;1-2/h1-4,9-10H,5-7H2;1-2H3. The van der Waals surface area contributed by atoms with Crippen molar-refractivity contribution < 1.29 is 4.74 Å². The third-order valence-corrected chi connectivity index (χ3v) is 1.95. The van der Waals surface area contributed by atoms with Gasteiger partial charge in [0.15, 0.2) is 0 Å². The molecule has 0 aromatic carbocycles. The van der Waals surface area contributed by atoms with Gasteiger partial charge in [0, 0.05) is 19.3 Å². The first-order valence-electron chi connectivity index (χ1n) is 5.20. The van der Waals surface area contributed by atoms with E-state index in [4.69, 9.17) is 4.74 Å². The molecule has 1 saturated heterocycles. The molecule has 0 amide bonds. The molecule has 3 nitrogen and oxygen atoms in total. The average molecular weight is 194 g/mol. The molecule has 0 spiro atoms. The first-order chi connectivity index (χ1) is 6.97.